The Balaban J connectivity index is 2.42. The monoisotopic (exact) mass is 194 g/mol. The molecule has 3 heteroatoms. The van der Waals surface area contributed by atoms with Crippen LogP contribution in [0.15, 0.2) is 28.9 Å². The fraction of sp³-hybridized carbons (Fsp3) is 0.273. The number of furan rings is 1. The highest BCUT2D eigenvalue weighted by molar-refractivity contribution is 5.81. The lowest BCUT2D eigenvalue weighted by molar-refractivity contribution is 0.134. The molecule has 0 aliphatic heterocycles. The van der Waals surface area contributed by atoms with E-state index in [2.05, 4.69) is 0 Å². The number of halogens is 1. The van der Waals surface area contributed by atoms with E-state index in [0.717, 1.165) is 10.9 Å². The highest BCUT2D eigenvalue weighted by Gasteiger charge is 2.08. The molecule has 1 aromatic carbocycles. The van der Waals surface area contributed by atoms with E-state index in [0.29, 0.717) is 18.8 Å². The molecule has 2 aromatic rings. The average molecular weight is 194 g/mol. The molecule has 0 unspecified atom stereocenters. The minimum Gasteiger partial charge on any atom is -0.461 e. The molecule has 74 valence electrons. The van der Waals surface area contributed by atoms with E-state index in [1.54, 1.807) is 12.3 Å². The summed E-state index contributed by atoms with van der Waals surface area (Å²) in [5.41, 5.74) is 1.20. The number of para-hydroxylation sites is 1. The zero-order chi connectivity index (χ0) is 9.97. The first kappa shape index (κ1) is 9.21. The molecule has 1 heterocycles. The van der Waals surface area contributed by atoms with Crippen molar-refractivity contribution in [2.75, 3.05) is 6.61 Å². The van der Waals surface area contributed by atoms with Gasteiger partial charge in [0.15, 0.2) is 11.4 Å². The number of ether oxygens (including phenoxy) is 1. The summed E-state index contributed by atoms with van der Waals surface area (Å²) in [6, 6.07) is 4.88. The normalized spacial score (nSPS) is 11.0. The highest BCUT2D eigenvalue weighted by Crippen LogP contribution is 2.23. The van der Waals surface area contributed by atoms with Gasteiger partial charge in [-0.15, -0.1) is 0 Å². The fourth-order valence-corrected chi connectivity index (χ4v) is 1.40. The first-order valence-electron chi connectivity index (χ1n) is 4.55. The van der Waals surface area contributed by atoms with Crippen LogP contribution in [0.25, 0.3) is 11.0 Å². The van der Waals surface area contributed by atoms with E-state index < -0.39 is 0 Å². The van der Waals surface area contributed by atoms with Crippen LogP contribution in [-0.4, -0.2) is 6.61 Å². The second-order valence-electron chi connectivity index (χ2n) is 3.01. The Morgan fingerprint density at radius 2 is 2.29 bits per heavy atom. The Labute approximate surface area is 81.3 Å². The van der Waals surface area contributed by atoms with Crippen molar-refractivity contribution in [3.63, 3.8) is 0 Å². The van der Waals surface area contributed by atoms with Crippen molar-refractivity contribution in [3.8, 4) is 0 Å². The highest BCUT2D eigenvalue weighted by atomic mass is 19.1. The largest absolute Gasteiger partial charge is 0.461 e. The number of hydrogen-bond acceptors (Lipinski definition) is 2. The van der Waals surface area contributed by atoms with Crippen LogP contribution >= 0.6 is 0 Å². The van der Waals surface area contributed by atoms with Crippen molar-refractivity contribution in [1.29, 1.82) is 0 Å². The zero-order valence-corrected chi connectivity index (χ0v) is 7.92. The second kappa shape index (κ2) is 3.80. The minimum atomic E-state index is -0.328. The van der Waals surface area contributed by atoms with Crippen molar-refractivity contribution in [1.82, 2.24) is 0 Å². The van der Waals surface area contributed by atoms with E-state index in [-0.39, 0.29) is 5.82 Å². The van der Waals surface area contributed by atoms with Gasteiger partial charge in [-0.2, -0.15) is 0 Å². The maximum atomic E-state index is 13.2. The lowest BCUT2D eigenvalue weighted by Gasteiger charge is -1.97. The van der Waals surface area contributed by atoms with Crippen LogP contribution in [0.4, 0.5) is 4.39 Å². The second-order valence-corrected chi connectivity index (χ2v) is 3.01. The van der Waals surface area contributed by atoms with Crippen LogP contribution in [0.1, 0.15) is 12.5 Å². The molecule has 0 saturated carbocycles. The van der Waals surface area contributed by atoms with Gasteiger partial charge in [0.05, 0.1) is 12.9 Å². The summed E-state index contributed by atoms with van der Waals surface area (Å²) < 4.78 is 23.6. The molecule has 0 aliphatic rings. The third-order valence-electron chi connectivity index (χ3n) is 2.09. The number of rotatable bonds is 3. The Bertz CT molecular complexity index is 434. The van der Waals surface area contributed by atoms with Crippen LogP contribution in [0.2, 0.25) is 0 Å². The Morgan fingerprint density at radius 3 is 3.07 bits per heavy atom. The summed E-state index contributed by atoms with van der Waals surface area (Å²) in [5.74, 6) is -0.328. The van der Waals surface area contributed by atoms with Gasteiger partial charge in [-0.05, 0) is 13.0 Å². The molecule has 1 aromatic heterocycles. The molecule has 0 atom stereocenters. The molecule has 0 radical (unpaired) electrons. The summed E-state index contributed by atoms with van der Waals surface area (Å²) in [4.78, 5) is 0. The van der Waals surface area contributed by atoms with Crippen molar-refractivity contribution in [3.05, 3.63) is 35.8 Å². The fourth-order valence-electron chi connectivity index (χ4n) is 1.40. The van der Waals surface area contributed by atoms with Gasteiger partial charge < -0.3 is 9.15 Å². The van der Waals surface area contributed by atoms with Gasteiger partial charge in [0.1, 0.15) is 0 Å². The maximum absolute atomic E-state index is 13.2. The van der Waals surface area contributed by atoms with Crippen LogP contribution in [0, 0.1) is 5.82 Å². The zero-order valence-electron chi connectivity index (χ0n) is 7.92. The molecule has 14 heavy (non-hydrogen) atoms. The van der Waals surface area contributed by atoms with Crippen molar-refractivity contribution < 1.29 is 13.5 Å². The third-order valence-corrected chi connectivity index (χ3v) is 2.09. The van der Waals surface area contributed by atoms with Crippen molar-refractivity contribution in [2.45, 2.75) is 13.5 Å². The van der Waals surface area contributed by atoms with Crippen LogP contribution in [-0.2, 0) is 11.3 Å². The Morgan fingerprint density at radius 1 is 1.43 bits per heavy atom. The molecule has 2 rings (SSSR count). The molecule has 0 spiro atoms. The Kier molecular flexibility index (Phi) is 2.50. The molecular weight excluding hydrogens is 183 g/mol. The molecule has 0 amide bonds. The summed E-state index contributed by atoms with van der Waals surface area (Å²) in [7, 11) is 0. The van der Waals surface area contributed by atoms with Gasteiger partial charge in [0.25, 0.3) is 0 Å². The van der Waals surface area contributed by atoms with Gasteiger partial charge in [-0.25, -0.2) is 4.39 Å². The van der Waals surface area contributed by atoms with Gasteiger partial charge in [0.2, 0.25) is 0 Å². The molecule has 0 aliphatic carbocycles. The number of hydrogen-bond donors (Lipinski definition) is 0. The van der Waals surface area contributed by atoms with E-state index >= 15 is 0 Å². The van der Waals surface area contributed by atoms with Crippen molar-refractivity contribution in [2.24, 2.45) is 0 Å². The quantitative estimate of drug-likeness (QED) is 0.749. The molecule has 0 bridgehead atoms. The smallest absolute Gasteiger partial charge is 0.169 e. The molecule has 2 nitrogen and oxygen atoms in total. The lowest BCUT2D eigenvalue weighted by atomic mass is 10.2. The summed E-state index contributed by atoms with van der Waals surface area (Å²) in [6.07, 6.45) is 1.55. The minimum absolute atomic E-state index is 0.308. The lowest BCUT2D eigenvalue weighted by Crippen LogP contribution is -1.89. The van der Waals surface area contributed by atoms with E-state index in [9.17, 15) is 4.39 Å². The van der Waals surface area contributed by atoms with Gasteiger partial charge >= 0.3 is 0 Å². The molecule has 0 N–H and O–H groups in total. The summed E-state index contributed by atoms with van der Waals surface area (Å²) in [6.45, 7) is 3.03. The SMILES string of the molecule is CCOCc1coc2c(F)cccc12. The van der Waals surface area contributed by atoms with Gasteiger partial charge in [-0.1, -0.05) is 12.1 Å². The maximum Gasteiger partial charge on any atom is 0.169 e. The molecule has 0 saturated heterocycles. The number of fused-ring (bicyclic) bond motifs is 1. The van der Waals surface area contributed by atoms with E-state index in [1.165, 1.54) is 6.07 Å². The van der Waals surface area contributed by atoms with E-state index in [1.807, 2.05) is 13.0 Å². The van der Waals surface area contributed by atoms with Gasteiger partial charge in [-0.3, -0.25) is 0 Å². The predicted molar refractivity (Wildman–Crippen MR) is 51.5 cm³/mol. The first-order valence-corrected chi connectivity index (χ1v) is 4.55. The molecular formula is C11H11FO2. The van der Waals surface area contributed by atoms with E-state index in [4.69, 9.17) is 9.15 Å². The molecule has 0 fully saturated rings. The van der Waals surface area contributed by atoms with Gasteiger partial charge in [0, 0.05) is 17.6 Å². The summed E-state index contributed by atoms with van der Waals surface area (Å²) in [5, 5.41) is 0.790. The average Bonchev–Trinajstić information content (AvgIpc) is 2.60. The summed E-state index contributed by atoms with van der Waals surface area (Å²) >= 11 is 0. The van der Waals surface area contributed by atoms with Crippen LogP contribution in [0.3, 0.4) is 0 Å². The first-order chi connectivity index (χ1) is 6.83. The number of benzene rings is 1. The third kappa shape index (κ3) is 1.51. The Hall–Kier alpha value is -1.35. The standard InChI is InChI=1S/C11H11FO2/c1-2-13-6-8-7-14-11-9(8)4-3-5-10(11)12/h3-5,7H,2,6H2,1H3. The van der Waals surface area contributed by atoms with Crippen LogP contribution in [0.5, 0.6) is 0 Å². The van der Waals surface area contributed by atoms with Crippen LogP contribution < -0.4 is 0 Å². The van der Waals surface area contributed by atoms with Crippen molar-refractivity contribution >= 4 is 11.0 Å². The topological polar surface area (TPSA) is 22.4 Å². The predicted octanol–water partition coefficient (Wildman–Crippen LogP) is 3.11.